The van der Waals surface area contributed by atoms with Gasteiger partial charge in [-0.3, -0.25) is 4.79 Å². The van der Waals surface area contributed by atoms with Crippen LogP contribution in [0, 0.1) is 6.92 Å². The average molecular weight is 234 g/mol. The SMILES string of the molecule is Cc1nc(C2CCOCC2)c2c(=O)[nH]cnn12. The first-order valence-corrected chi connectivity index (χ1v) is 5.78. The number of aromatic nitrogens is 4. The van der Waals surface area contributed by atoms with Crippen molar-refractivity contribution >= 4 is 5.52 Å². The molecule has 3 rings (SSSR count). The van der Waals surface area contributed by atoms with Gasteiger partial charge in [-0.25, -0.2) is 9.50 Å². The molecular formula is C11H14N4O2. The normalized spacial score (nSPS) is 17.7. The standard InChI is InChI=1S/C11H14N4O2/c1-7-14-9(8-2-4-17-5-3-8)10-11(16)12-6-13-15(7)10/h6,8H,2-5H2,1H3,(H,12,13,16). The van der Waals surface area contributed by atoms with Gasteiger partial charge in [0.05, 0.1) is 5.69 Å². The van der Waals surface area contributed by atoms with Crippen LogP contribution in [0.5, 0.6) is 0 Å². The Labute approximate surface area is 97.6 Å². The third kappa shape index (κ3) is 1.64. The molecule has 0 spiro atoms. The van der Waals surface area contributed by atoms with E-state index in [0.717, 1.165) is 37.6 Å². The lowest BCUT2D eigenvalue weighted by Gasteiger charge is -2.20. The molecule has 2 aromatic heterocycles. The summed E-state index contributed by atoms with van der Waals surface area (Å²) in [4.78, 5) is 19.0. The zero-order valence-electron chi connectivity index (χ0n) is 9.64. The Hall–Kier alpha value is -1.69. The van der Waals surface area contributed by atoms with Gasteiger partial charge in [0.25, 0.3) is 5.56 Å². The molecule has 2 aromatic rings. The summed E-state index contributed by atoms with van der Waals surface area (Å²) in [5.41, 5.74) is 1.32. The van der Waals surface area contributed by atoms with Crippen molar-refractivity contribution in [2.24, 2.45) is 0 Å². The maximum Gasteiger partial charge on any atom is 0.277 e. The van der Waals surface area contributed by atoms with E-state index in [0.29, 0.717) is 11.4 Å². The first kappa shape index (κ1) is 10.5. The van der Waals surface area contributed by atoms with Crippen molar-refractivity contribution in [3.05, 3.63) is 28.2 Å². The lowest BCUT2D eigenvalue weighted by atomic mass is 9.96. The van der Waals surface area contributed by atoms with Crippen LogP contribution in [-0.2, 0) is 4.74 Å². The number of aromatic amines is 1. The van der Waals surface area contributed by atoms with E-state index in [4.69, 9.17) is 4.74 Å². The van der Waals surface area contributed by atoms with Crippen LogP contribution in [-0.4, -0.2) is 32.8 Å². The molecule has 1 N–H and O–H groups in total. The van der Waals surface area contributed by atoms with Gasteiger partial charge in [-0.05, 0) is 19.8 Å². The van der Waals surface area contributed by atoms with Crippen LogP contribution in [0.1, 0.15) is 30.3 Å². The van der Waals surface area contributed by atoms with Gasteiger partial charge in [0.1, 0.15) is 12.2 Å². The zero-order chi connectivity index (χ0) is 11.8. The van der Waals surface area contributed by atoms with E-state index in [9.17, 15) is 4.79 Å². The van der Waals surface area contributed by atoms with Crippen molar-refractivity contribution in [2.75, 3.05) is 13.2 Å². The van der Waals surface area contributed by atoms with E-state index < -0.39 is 0 Å². The molecule has 1 fully saturated rings. The van der Waals surface area contributed by atoms with Crippen LogP contribution >= 0.6 is 0 Å². The summed E-state index contributed by atoms with van der Waals surface area (Å²) >= 11 is 0. The highest BCUT2D eigenvalue weighted by molar-refractivity contribution is 5.51. The highest BCUT2D eigenvalue weighted by Crippen LogP contribution is 2.27. The van der Waals surface area contributed by atoms with E-state index in [1.165, 1.54) is 6.33 Å². The molecular weight excluding hydrogens is 220 g/mol. The maximum atomic E-state index is 11.9. The molecule has 0 unspecified atom stereocenters. The van der Waals surface area contributed by atoms with E-state index in [2.05, 4.69) is 15.1 Å². The van der Waals surface area contributed by atoms with Crippen LogP contribution in [0.4, 0.5) is 0 Å². The Morgan fingerprint density at radius 3 is 3.00 bits per heavy atom. The highest BCUT2D eigenvalue weighted by atomic mass is 16.5. The molecule has 0 radical (unpaired) electrons. The molecule has 0 saturated carbocycles. The summed E-state index contributed by atoms with van der Waals surface area (Å²) in [5, 5.41) is 4.12. The lowest BCUT2D eigenvalue weighted by molar-refractivity contribution is 0.0848. The smallest absolute Gasteiger partial charge is 0.277 e. The van der Waals surface area contributed by atoms with E-state index in [1.54, 1.807) is 4.52 Å². The number of H-pyrrole nitrogens is 1. The third-order valence-corrected chi connectivity index (χ3v) is 3.24. The molecule has 90 valence electrons. The van der Waals surface area contributed by atoms with E-state index in [-0.39, 0.29) is 5.56 Å². The minimum atomic E-state index is -0.123. The number of hydrogen-bond donors (Lipinski definition) is 1. The predicted octanol–water partition coefficient (Wildman–Crippen LogP) is 0.620. The van der Waals surface area contributed by atoms with Crippen molar-refractivity contribution in [1.82, 2.24) is 19.6 Å². The number of imidazole rings is 1. The second kappa shape index (κ2) is 3.96. The van der Waals surface area contributed by atoms with Crippen molar-refractivity contribution in [2.45, 2.75) is 25.7 Å². The number of fused-ring (bicyclic) bond motifs is 1. The number of ether oxygens (including phenoxy) is 1. The largest absolute Gasteiger partial charge is 0.381 e. The fourth-order valence-corrected chi connectivity index (χ4v) is 2.37. The molecule has 3 heterocycles. The minimum Gasteiger partial charge on any atom is -0.381 e. The zero-order valence-corrected chi connectivity index (χ0v) is 9.64. The first-order valence-electron chi connectivity index (χ1n) is 5.78. The quantitative estimate of drug-likeness (QED) is 0.785. The summed E-state index contributed by atoms with van der Waals surface area (Å²) in [5.74, 6) is 1.06. The molecule has 0 aromatic carbocycles. The van der Waals surface area contributed by atoms with Crippen LogP contribution in [0.3, 0.4) is 0 Å². The van der Waals surface area contributed by atoms with Gasteiger partial charge < -0.3 is 9.72 Å². The van der Waals surface area contributed by atoms with Crippen LogP contribution in [0.25, 0.3) is 5.52 Å². The molecule has 6 heteroatoms. The molecule has 0 atom stereocenters. The Balaban J connectivity index is 2.19. The molecule has 6 nitrogen and oxygen atoms in total. The van der Waals surface area contributed by atoms with E-state index in [1.807, 2.05) is 6.92 Å². The summed E-state index contributed by atoms with van der Waals surface area (Å²) < 4.78 is 6.95. The predicted molar refractivity (Wildman–Crippen MR) is 61.1 cm³/mol. The van der Waals surface area contributed by atoms with Crippen molar-refractivity contribution in [3.63, 3.8) is 0 Å². The second-order valence-electron chi connectivity index (χ2n) is 4.31. The van der Waals surface area contributed by atoms with Crippen LogP contribution < -0.4 is 5.56 Å². The van der Waals surface area contributed by atoms with Crippen LogP contribution in [0.2, 0.25) is 0 Å². The lowest BCUT2D eigenvalue weighted by Crippen LogP contribution is -2.18. The summed E-state index contributed by atoms with van der Waals surface area (Å²) in [6.07, 6.45) is 3.23. The van der Waals surface area contributed by atoms with Gasteiger partial charge in [-0.15, -0.1) is 0 Å². The van der Waals surface area contributed by atoms with Gasteiger partial charge in [-0.2, -0.15) is 5.10 Å². The number of nitrogens with zero attached hydrogens (tertiary/aromatic N) is 3. The first-order chi connectivity index (χ1) is 8.27. The van der Waals surface area contributed by atoms with E-state index >= 15 is 0 Å². The Kier molecular flexibility index (Phi) is 2.44. The summed E-state index contributed by atoms with van der Waals surface area (Å²) in [6, 6.07) is 0. The molecule has 0 amide bonds. The van der Waals surface area contributed by atoms with Crippen molar-refractivity contribution in [3.8, 4) is 0 Å². The maximum absolute atomic E-state index is 11.9. The van der Waals surface area contributed by atoms with Crippen molar-refractivity contribution in [1.29, 1.82) is 0 Å². The van der Waals surface area contributed by atoms with Gasteiger partial charge in [0.2, 0.25) is 0 Å². The fourth-order valence-electron chi connectivity index (χ4n) is 2.37. The number of hydrogen-bond acceptors (Lipinski definition) is 4. The third-order valence-electron chi connectivity index (χ3n) is 3.24. The minimum absolute atomic E-state index is 0.123. The Bertz CT molecular complexity index is 595. The van der Waals surface area contributed by atoms with Gasteiger partial charge in [-0.1, -0.05) is 0 Å². The summed E-state index contributed by atoms with van der Waals surface area (Å²) in [6.45, 7) is 3.34. The summed E-state index contributed by atoms with van der Waals surface area (Å²) in [7, 11) is 0. The monoisotopic (exact) mass is 234 g/mol. The molecule has 0 aliphatic carbocycles. The molecule has 1 aliphatic heterocycles. The van der Waals surface area contributed by atoms with Gasteiger partial charge in [0, 0.05) is 19.1 Å². The van der Waals surface area contributed by atoms with Crippen LogP contribution in [0.15, 0.2) is 11.1 Å². The Morgan fingerprint density at radius 2 is 2.24 bits per heavy atom. The van der Waals surface area contributed by atoms with Crippen molar-refractivity contribution < 1.29 is 4.74 Å². The molecule has 0 bridgehead atoms. The Morgan fingerprint density at radius 1 is 1.47 bits per heavy atom. The van der Waals surface area contributed by atoms with Gasteiger partial charge >= 0.3 is 0 Å². The molecule has 17 heavy (non-hydrogen) atoms. The fraction of sp³-hybridized carbons (Fsp3) is 0.545. The topological polar surface area (TPSA) is 72.3 Å². The van der Waals surface area contributed by atoms with Gasteiger partial charge in [0.15, 0.2) is 5.52 Å². The average Bonchev–Trinajstić information content (AvgIpc) is 2.70. The number of rotatable bonds is 1. The number of aryl methyl sites for hydroxylation is 1. The highest BCUT2D eigenvalue weighted by Gasteiger charge is 2.23. The second-order valence-corrected chi connectivity index (χ2v) is 4.31. The molecule has 1 saturated heterocycles. The number of nitrogens with one attached hydrogen (secondary N) is 1. The molecule has 1 aliphatic rings.